The van der Waals surface area contributed by atoms with E-state index in [1.807, 2.05) is 51.1 Å². The number of ether oxygens (including phenoxy) is 1. The third-order valence-corrected chi connectivity index (χ3v) is 3.79. The van der Waals surface area contributed by atoms with Gasteiger partial charge in [-0.3, -0.25) is 9.59 Å². The number of aryl methyl sites for hydroxylation is 3. The number of nitrogens with one attached hydrogen (secondary N) is 2. The molecule has 2 N–H and O–H groups in total. The van der Waals surface area contributed by atoms with Crippen molar-refractivity contribution >= 4 is 17.5 Å². The Bertz CT molecular complexity index is 734. The summed E-state index contributed by atoms with van der Waals surface area (Å²) < 4.78 is 5.53. The van der Waals surface area contributed by atoms with Gasteiger partial charge in [0.05, 0.1) is 6.54 Å². The summed E-state index contributed by atoms with van der Waals surface area (Å²) in [5, 5.41) is 5.45. The molecule has 2 aromatic carbocycles. The van der Waals surface area contributed by atoms with Gasteiger partial charge in [0.1, 0.15) is 5.75 Å². The van der Waals surface area contributed by atoms with Gasteiger partial charge in [-0.05, 0) is 51.0 Å². The largest absolute Gasteiger partial charge is 0.481 e. The number of amides is 2. The van der Waals surface area contributed by atoms with E-state index in [-0.39, 0.29) is 18.4 Å². The van der Waals surface area contributed by atoms with Crippen LogP contribution in [0.2, 0.25) is 0 Å². The second-order valence-corrected chi connectivity index (χ2v) is 6.11. The van der Waals surface area contributed by atoms with Crippen molar-refractivity contribution in [2.75, 3.05) is 11.9 Å². The summed E-state index contributed by atoms with van der Waals surface area (Å²) in [7, 11) is 0. The number of hydrogen-bond acceptors (Lipinski definition) is 3. The average molecular weight is 340 g/mol. The highest BCUT2D eigenvalue weighted by molar-refractivity contribution is 5.96. The molecule has 25 heavy (non-hydrogen) atoms. The Labute approximate surface area is 148 Å². The average Bonchev–Trinajstić information content (AvgIpc) is 2.56. The van der Waals surface area contributed by atoms with Crippen LogP contribution < -0.4 is 15.4 Å². The van der Waals surface area contributed by atoms with Crippen molar-refractivity contribution in [3.63, 3.8) is 0 Å². The van der Waals surface area contributed by atoms with Crippen LogP contribution in [0.5, 0.6) is 5.75 Å². The molecule has 0 aliphatic heterocycles. The van der Waals surface area contributed by atoms with Crippen molar-refractivity contribution in [2.24, 2.45) is 0 Å². The van der Waals surface area contributed by atoms with Gasteiger partial charge in [-0.25, -0.2) is 0 Å². The lowest BCUT2D eigenvalue weighted by atomic mass is 10.1. The zero-order valence-corrected chi connectivity index (χ0v) is 15.1. The summed E-state index contributed by atoms with van der Waals surface area (Å²) in [5.74, 6) is 0.00664. The molecule has 2 amide bonds. The van der Waals surface area contributed by atoms with Crippen molar-refractivity contribution in [3.05, 3.63) is 59.2 Å². The fraction of sp³-hybridized carbons (Fsp3) is 0.300. The van der Waals surface area contributed by atoms with Crippen LogP contribution in [0.15, 0.2) is 42.5 Å². The highest BCUT2D eigenvalue weighted by atomic mass is 16.5. The zero-order valence-electron chi connectivity index (χ0n) is 15.1. The quantitative estimate of drug-likeness (QED) is 0.849. The molecule has 0 bridgehead atoms. The Hall–Kier alpha value is -2.82. The van der Waals surface area contributed by atoms with Crippen LogP contribution in [0.1, 0.15) is 23.6 Å². The smallest absolute Gasteiger partial charge is 0.261 e. The van der Waals surface area contributed by atoms with Gasteiger partial charge >= 0.3 is 0 Å². The number of carbonyl (C=O) groups excluding carboxylic acids is 2. The number of para-hydroxylation sites is 1. The molecule has 0 heterocycles. The lowest BCUT2D eigenvalue weighted by Crippen LogP contribution is -2.40. The minimum absolute atomic E-state index is 0.103. The number of benzene rings is 2. The SMILES string of the molecule is Cc1cc(C)c(NC(=O)CNC(=O)C(C)Oc2ccccc2)c(C)c1. The van der Waals surface area contributed by atoms with Crippen LogP contribution in [0, 0.1) is 20.8 Å². The normalized spacial score (nSPS) is 11.5. The van der Waals surface area contributed by atoms with Crippen LogP contribution in [-0.2, 0) is 9.59 Å². The third kappa shape index (κ3) is 5.35. The zero-order chi connectivity index (χ0) is 18.4. The molecule has 5 nitrogen and oxygen atoms in total. The minimum atomic E-state index is -0.682. The number of anilines is 1. The summed E-state index contributed by atoms with van der Waals surface area (Å²) in [6.07, 6.45) is -0.682. The Kier molecular flexibility index (Phi) is 6.17. The van der Waals surface area contributed by atoms with Crippen LogP contribution in [-0.4, -0.2) is 24.5 Å². The molecule has 1 unspecified atom stereocenters. The molecule has 1 atom stereocenters. The van der Waals surface area contributed by atoms with Gasteiger partial charge in [-0.15, -0.1) is 0 Å². The van der Waals surface area contributed by atoms with Crippen molar-refractivity contribution in [2.45, 2.75) is 33.8 Å². The Balaban J connectivity index is 1.86. The molecular formula is C20H24N2O3. The summed E-state index contributed by atoms with van der Waals surface area (Å²) in [5.41, 5.74) is 3.93. The van der Waals surface area contributed by atoms with Gasteiger partial charge < -0.3 is 15.4 Å². The highest BCUT2D eigenvalue weighted by Crippen LogP contribution is 2.21. The first-order valence-electron chi connectivity index (χ1n) is 8.24. The standard InChI is InChI=1S/C20H24N2O3/c1-13-10-14(2)19(15(3)11-13)22-18(23)12-21-20(24)16(4)25-17-8-6-5-7-9-17/h5-11,16H,12H2,1-4H3,(H,21,24)(H,22,23). The lowest BCUT2D eigenvalue weighted by molar-refractivity contribution is -0.129. The fourth-order valence-corrected chi connectivity index (χ4v) is 2.63. The van der Waals surface area contributed by atoms with Crippen LogP contribution in [0.25, 0.3) is 0 Å². The Morgan fingerprint density at radius 2 is 1.64 bits per heavy atom. The molecule has 0 saturated carbocycles. The minimum Gasteiger partial charge on any atom is -0.481 e. The van der Waals surface area contributed by atoms with Crippen molar-refractivity contribution in [1.29, 1.82) is 0 Å². The van der Waals surface area contributed by atoms with Crippen molar-refractivity contribution < 1.29 is 14.3 Å². The van der Waals surface area contributed by atoms with E-state index in [0.29, 0.717) is 5.75 Å². The van der Waals surface area contributed by atoms with Gasteiger partial charge in [0.2, 0.25) is 5.91 Å². The van der Waals surface area contributed by atoms with E-state index in [1.165, 1.54) is 0 Å². The topological polar surface area (TPSA) is 67.4 Å². The number of carbonyl (C=O) groups is 2. The van der Waals surface area contributed by atoms with Gasteiger partial charge in [0.15, 0.2) is 6.10 Å². The fourth-order valence-electron chi connectivity index (χ4n) is 2.63. The van der Waals surface area contributed by atoms with Gasteiger partial charge in [0, 0.05) is 5.69 Å². The maximum atomic E-state index is 12.1. The molecule has 5 heteroatoms. The molecule has 132 valence electrons. The van der Waals surface area contributed by atoms with E-state index in [9.17, 15) is 9.59 Å². The summed E-state index contributed by atoms with van der Waals surface area (Å²) in [6, 6.07) is 13.1. The summed E-state index contributed by atoms with van der Waals surface area (Å²) in [6.45, 7) is 7.45. The van der Waals surface area contributed by atoms with Crippen LogP contribution >= 0.6 is 0 Å². The monoisotopic (exact) mass is 340 g/mol. The van der Waals surface area contributed by atoms with E-state index in [0.717, 1.165) is 22.4 Å². The van der Waals surface area contributed by atoms with Gasteiger partial charge in [0.25, 0.3) is 5.91 Å². The first kappa shape index (κ1) is 18.5. The second-order valence-electron chi connectivity index (χ2n) is 6.11. The molecule has 0 aromatic heterocycles. The second kappa shape index (κ2) is 8.33. The third-order valence-electron chi connectivity index (χ3n) is 3.79. The maximum Gasteiger partial charge on any atom is 0.261 e. The van der Waals surface area contributed by atoms with E-state index < -0.39 is 6.10 Å². The first-order chi connectivity index (χ1) is 11.9. The highest BCUT2D eigenvalue weighted by Gasteiger charge is 2.16. The van der Waals surface area contributed by atoms with Crippen molar-refractivity contribution in [1.82, 2.24) is 5.32 Å². The molecular weight excluding hydrogens is 316 g/mol. The Morgan fingerprint density at radius 3 is 2.24 bits per heavy atom. The molecule has 2 aromatic rings. The Morgan fingerprint density at radius 1 is 1.04 bits per heavy atom. The van der Waals surface area contributed by atoms with E-state index in [1.54, 1.807) is 19.1 Å². The van der Waals surface area contributed by atoms with Gasteiger partial charge in [-0.1, -0.05) is 35.9 Å². The summed E-state index contributed by atoms with van der Waals surface area (Å²) >= 11 is 0. The lowest BCUT2D eigenvalue weighted by Gasteiger charge is -2.16. The summed E-state index contributed by atoms with van der Waals surface area (Å²) in [4.78, 5) is 24.2. The van der Waals surface area contributed by atoms with Crippen LogP contribution in [0.3, 0.4) is 0 Å². The maximum absolute atomic E-state index is 12.1. The molecule has 2 rings (SSSR count). The number of rotatable bonds is 6. The molecule has 0 spiro atoms. The molecule has 0 fully saturated rings. The molecule has 0 radical (unpaired) electrons. The van der Waals surface area contributed by atoms with Gasteiger partial charge in [-0.2, -0.15) is 0 Å². The first-order valence-corrected chi connectivity index (χ1v) is 8.24. The van der Waals surface area contributed by atoms with E-state index in [2.05, 4.69) is 10.6 Å². The predicted molar refractivity (Wildman–Crippen MR) is 98.8 cm³/mol. The van der Waals surface area contributed by atoms with Crippen molar-refractivity contribution in [3.8, 4) is 5.75 Å². The predicted octanol–water partition coefficient (Wildman–Crippen LogP) is 3.13. The number of hydrogen-bond donors (Lipinski definition) is 2. The van der Waals surface area contributed by atoms with Crippen LogP contribution in [0.4, 0.5) is 5.69 Å². The molecule has 0 aliphatic rings. The van der Waals surface area contributed by atoms with E-state index in [4.69, 9.17) is 4.74 Å². The molecule has 0 saturated heterocycles. The van der Waals surface area contributed by atoms with E-state index >= 15 is 0 Å². The molecule has 0 aliphatic carbocycles.